The predicted molar refractivity (Wildman–Crippen MR) is 47.7 cm³/mol. The van der Waals surface area contributed by atoms with Gasteiger partial charge in [0, 0.05) is 12.2 Å². The van der Waals surface area contributed by atoms with E-state index in [9.17, 15) is 0 Å². The van der Waals surface area contributed by atoms with Crippen molar-refractivity contribution in [3.05, 3.63) is 23.9 Å². The van der Waals surface area contributed by atoms with Crippen molar-refractivity contribution < 1.29 is 0 Å². The first kappa shape index (κ1) is 8.05. The van der Waals surface area contributed by atoms with Crippen LogP contribution in [-0.2, 0) is 0 Å². The molecule has 0 amide bonds. The maximum atomic E-state index is 4.17. The number of nitrogens with zero attached hydrogens (tertiary/aromatic N) is 1. The molecule has 0 radical (unpaired) electrons. The molecule has 0 fully saturated rings. The van der Waals surface area contributed by atoms with Gasteiger partial charge >= 0.3 is 0 Å². The van der Waals surface area contributed by atoms with Crippen LogP contribution in [0, 0.1) is 6.92 Å². The number of hydrogen-bond donors (Lipinski definition) is 1. The van der Waals surface area contributed by atoms with Crippen LogP contribution in [0.5, 0.6) is 0 Å². The van der Waals surface area contributed by atoms with Crippen LogP contribution in [0.4, 0.5) is 5.82 Å². The van der Waals surface area contributed by atoms with Crippen molar-refractivity contribution in [1.82, 2.24) is 4.98 Å². The number of pyridine rings is 1. The van der Waals surface area contributed by atoms with E-state index in [0.29, 0.717) is 6.04 Å². The summed E-state index contributed by atoms with van der Waals surface area (Å²) in [6.45, 7) is 6.27. The molecule has 0 bridgehead atoms. The zero-order chi connectivity index (χ0) is 8.27. The first-order valence-electron chi connectivity index (χ1n) is 3.87. The lowest BCUT2D eigenvalue weighted by molar-refractivity contribution is 0.888. The average Bonchev–Trinajstić information content (AvgIpc) is 1.85. The zero-order valence-electron chi connectivity index (χ0n) is 7.26. The third-order valence-electron chi connectivity index (χ3n) is 1.35. The SMILES string of the molecule is Cc1ccnc(NC(C)C)c1. The topological polar surface area (TPSA) is 24.9 Å². The summed E-state index contributed by atoms with van der Waals surface area (Å²) in [6.07, 6.45) is 1.82. The van der Waals surface area contributed by atoms with E-state index >= 15 is 0 Å². The van der Waals surface area contributed by atoms with Crippen LogP contribution in [0.3, 0.4) is 0 Å². The highest BCUT2D eigenvalue weighted by atomic mass is 15.0. The molecular formula is C9H14N2. The first-order chi connectivity index (χ1) is 5.18. The van der Waals surface area contributed by atoms with Gasteiger partial charge in [-0.15, -0.1) is 0 Å². The summed E-state index contributed by atoms with van der Waals surface area (Å²) >= 11 is 0. The normalized spacial score (nSPS) is 10.2. The zero-order valence-corrected chi connectivity index (χ0v) is 7.26. The summed E-state index contributed by atoms with van der Waals surface area (Å²) in [5.41, 5.74) is 1.24. The fourth-order valence-electron chi connectivity index (χ4n) is 0.911. The molecule has 1 N–H and O–H groups in total. The monoisotopic (exact) mass is 150 g/mol. The fourth-order valence-corrected chi connectivity index (χ4v) is 0.911. The Bertz CT molecular complexity index is 231. The van der Waals surface area contributed by atoms with Crippen LogP contribution < -0.4 is 5.32 Å². The lowest BCUT2D eigenvalue weighted by Crippen LogP contribution is -2.10. The van der Waals surface area contributed by atoms with E-state index in [0.717, 1.165) is 5.82 Å². The summed E-state index contributed by atoms with van der Waals surface area (Å²) in [4.78, 5) is 4.17. The maximum Gasteiger partial charge on any atom is 0.126 e. The van der Waals surface area contributed by atoms with Crippen molar-refractivity contribution in [2.45, 2.75) is 26.8 Å². The molecule has 11 heavy (non-hydrogen) atoms. The lowest BCUT2D eigenvalue weighted by Gasteiger charge is -2.08. The Labute approximate surface area is 67.7 Å². The van der Waals surface area contributed by atoms with Crippen LogP contribution in [0.1, 0.15) is 19.4 Å². The van der Waals surface area contributed by atoms with Gasteiger partial charge < -0.3 is 5.32 Å². The molecule has 0 spiro atoms. The highest BCUT2D eigenvalue weighted by molar-refractivity contribution is 5.37. The second-order valence-corrected chi connectivity index (χ2v) is 3.02. The smallest absolute Gasteiger partial charge is 0.126 e. The summed E-state index contributed by atoms with van der Waals surface area (Å²) in [5, 5.41) is 3.23. The molecule has 0 unspecified atom stereocenters. The Morgan fingerprint density at radius 2 is 2.18 bits per heavy atom. The van der Waals surface area contributed by atoms with Crippen LogP contribution >= 0.6 is 0 Å². The Balaban J connectivity index is 2.71. The van der Waals surface area contributed by atoms with Crippen molar-refractivity contribution in [1.29, 1.82) is 0 Å². The molecule has 0 atom stereocenters. The summed E-state index contributed by atoms with van der Waals surface area (Å²) in [5.74, 6) is 0.958. The van der Waals surface area contributed by atoms with Gasteiger partial charge in [0.2, 0.25) is 0 Å². The van der Waals surface area contributed by atoms with Gasteiger partial charge in [0.1, 0.15) is 5.82 Å². The third-order valence-corrected chi connectivity index (χ3v) is 1.35. The molecule has 0 aliphatic heterocycles. The predicted octanol–water partition coefficient (Wildman–Crippen LogP) is 2.21. The van der Waals surface area contributed by atoms with Crippen molar-refractivity contribution in [2.75, 3.05) is 5.32 Å². The molecule has 2 heteroatoms. The van der Waals surface area contributed by atoms with E-state index in [2.05, 4.69) is 31.1 Å². The van der Waals surface area contributed by atoms with Gasteiger partial charge in [0.15, 0.2) is 0 Å². The molecule has 0 aliphatic carbocycles. The van der Waals surface area contributed by atoms with E-state index in [1.807, 2.05) is 18.3 Å². The summed E-state index contributed by atoms with van der Waals surface area (Å²) in [7, 11) is 0. The van der Waals surface area contributed by atoms with Crippen LogP contribution in [0.15, 0.2) is 18.3 Å². The van der Waals surface area contributed by atoms with Gasteiger partial charge in [-0.3, -0.25) is 0 Å². The largest absolute Gasteiger partial charge is 0.368 e. The van der Waals surface area contributed by atoms with Crippen LogP contribution in [-0.4, -0.2) is 11.0 Å². The van der Waals surface area contributed by atoms with Crippen LogP contribution in [0.25, 0.3) is 0 Å². The second-order valence-electron chi connectivity index (χ2n) is 3.02. The Morgan fingerprint density at radius 3 is 2.73 bits per heavy atom. The first-order valence-corrected chi connectivity index (χ1v) is 3.87. The van der Waals surface area contributed by atoms with E-state index < -0.39 is 0 Å². The Kier molecular flexibility index (Phi) is 2.47. The van der Waals surface area contributed by atoms with Gasteiger partial charge in [-0.2, -0.15) is 0 Å². The van der Waals surface area contributed by atoms with Crippen LogP contribution in [0.2, 0.25) is 0 Å². The van der Waals surface area contributed by atoms with Gasteiger partial charge in [-0.25, -0.2) is 4.98 Å². The molecule has 0 aliphatic rings. The summed E-state index contributed by atoms with van der Waals surface area (Å²) < 4.78 is 0. The lowest BCUT2D eigenvalue weighted by atomic mass is 10.3. The van der Waals surface area contributed by atoms with Crippen molar-refractivity contribution in [2.24, 2.45) is 0 Å². The number of aryl methyl sites for hydroxylation is 1. The third kappa shape index (κ3) is 2.58. The van der Waals surface area contributed by atoms with E-state index in [1.54, 1.807) is 0 Å². The van der Waals surface area contributed by atoms with E-state index in [-0.39, 0.29) is 0 Å². The minimum absolute atomic E-state index is 0.448. The van der Waals surface area contributed by atoms with Gasteiger partial charge in [-0.05, 0) is 38.5 Å². The number of aromatic nitrogens is 1. The molecule has 1 rings (SSSR count). The number of nitrogens with one attached hydrogen (secondary N) is 1. The van der Waals surface area contributed by atoms with E-state index in [1.165, 1.54) is 5.56 Å². The number of hydrogen-bond acceptors (Lipinski definition) is 2. The number of anilines is 1. The Morgan fingerprint density at radius 1 is 1.45 bits per heavy atom. The molecule has 0 saturated carbocycles. The van der Waals surface area contributed by atoms with Crippen molar-refractivity contribution >= 4 is 5.82 Å². The second kappa shape index (κ2) is 3.37. The molecular weight excluding hydrogens is 136 g/mol. The van der Waals surface area contributed by atoms with Gasteiger partial charge in [-0.1, -0.05) is 0 Å². The minimum atomic E-state index is 0.448. The average molecular weight is 150 g/mol. The highest BCUT2D eigenvalue weighted by Crippen LogP contribution is 2.05. The fraction of sp³-hybridized carbons (Fsp3) is 0.444. The van der Waals surface area contributed by atoms with Crippen molar-refractivity contribution in [3.63, 3.8) is 0 Å². The maximum absolute atomic E-state index is 4.17. The van der Waals surface area contributed by atoms with Gasteiger partial charge in [0.05, 0.1) is 0 Å². The quantitative estimate of drug-likeness (QED) is 0.699. The summed E-state index contributed by atoms with van der Waals surface area (Å²) in [6, 6.07) is 4.48. The standard InChI is InChI=1S/C9H14N2/c1-7(2)11-9-6-8(3)4-5-10-9/h4-7H,1-3H3,(H,10,11). The molecule has 0 aromatic carbocycles. The molecule has 1 aromatic rings. The molecule has 0 saturated heterocycles. The Hall–Kier alpha value is -1.05. The molecule has 1 aromatic heterocycles. The number of rotatable bonds is 2. The molecule has 2 nitrogen and oxygen atoms in total. The highest BCUT2D eigenvalue weighted by Gasteiger charge is 1.94. The molecule has 1 heterocycles. The van der Waals surface area contributed by atoms with Gasteiger partial charge in [0.25, 0.3) is 0 Å². The molecule has 60 valence electrons. The minimum Gasteiger partial charge on any atom is -0.368 e. The van der Waals surface area contributed by atoms with Crippen molar-refractivity contribution in [3.8, 4) is 0 Å². The van der Waals surface area contributed by atoms with E-state index in [4.69, 9.17) is 0 Å².